The van der Waals surface area contributed by atoms with Gasteiger partial charge in [-0.1, -0.05) is 30.3 Å². The van der Waals surface area contributed by atoms with Crippen LogP contribution in [-0.4, -0.2) is 50.0 Å². The summed E-state index contributed by atoms with van der Waals surface area (Å²) in [4.78, 5) is 2.31. The van der Waals surface area contributed by atoms with Crippen LogP contribution < -0.4 is 5.32 Å². The third kappa shape index (κ3) is 2.43. The first-order valence-corrected chi connectivity index (χ1v) is 8.18. The Balaban J connectivity index is 1.76. The van der Waals surface area contributed by atoms with Crippen molar-refractivity contribution in [2.24, 2.45) is 0 Å². The zero-order valence-electron chi connectivity index (χ0n) is 10.2. The highest BCUT2D eigenvalue weighted by Gasteiger charge is 2.42. The van der Waals surface area contributed by atoms with E-state index in [0.717, 1.165) is 19.6 Å². The van der Waals surface area contributed by atoms with Crippen molar-refractivity contribution in [2.75, 3.05) is 24.6 Å². The number of rotatable bonds is 2. The molecular weight excluding hydrogens is 248 g/mol. The molecule has 0 spiro atoms. The minimum atomic E-state index is -2.86. The van der Waals surface area contributed by atoms with Crippen molar-refractivity contribution in [1.82, 2.24) is 10.2 Å². The number of hydrogen-bond donors (Lipinski definition) is 1. The van der Waals surface area contributed by atoms with Gasteiger partial charge in [0.25, 0.3) is 0 Å². The molecule has 2 fully saturated rings. The van der Waals surface area contributed by atoms with Gasteiger partial charge in [-0.15, -0.1) is 0 Å². The molecule has 3 rings (SSSR count). The van der Waals surface area contributed by atoms with Gasteiger partial charge in [-0.2, -0.15) is 0 Å². The second-order valence-electron chi connectivity index (χ2n) is 5.16. The smallest absolute Gasteiger partial charge is 0.153 e. The quantitative estimate of drug-likeness (QED) is 0.834. The summed E-state index contributed by atoms with van der Waals surface area (Å²) in [6.07, 6.45) is 0. The minimum absolute atomic E-state index is 0.118. The Kier molecular flexibility index (Phi) is 3.13. The van der Waals surface area contributed by atoms with Crippen LogP contribution >= 0.6 is 0 Å². The van der Waals surface area contributed by atoms with E-state index in [1.807, 2.05) is 18.2 Å². The third-order valence-electron chi connectivity index (χ3n) is 3.83. The number of benzene rings is 1. The molecule has 0 amide bonds. The Labute approximate surface area is 108 Å². The fourth-order valence-electron chi connectivity index (χ4n) is 2.96. The summed E-state index contributed by atoms with van der Waals surface area (Å²) in [5, 5.41) is 3.33. The standard InChI is InChI=1S/C13H18N2O2S/c16-18(17)9-12-13(10-18)15(7-6-14-12)8-11-4-2-1-3-5-11/h1-5,12-14H,6-10H2/t12-,13-/m0/s1. The monoisotopic (exact) mass is 266 g/mol. The van der Waals surface area contributed by atoms with E-state index in [0.29, 0.717) is 11.5 Å². The lowest BCUT2D eigenvalue weighted by molar-refractivity contribution is 0.141. The first-order valence-electron chi connectivity index (χ1n) is 6.36. The van der Waals surface area contributed by atoms with Crippen LogP contribution in [0.2, 0.25) is 0 Å². The van der Waals surface area contributed by atoms with Gasteiger partial charge in [-0.05, 0) is 5.56 Å². The summed E-state index contributed by atoms with van der Waals surface area (Å²) in [7, 11) is -2.86. The van der Waals surface area contributed by atoms with Crippen LogP contribution in [0.25, 0.3) is 0 Å². The molecule has 1 aromatic carbocycles. The molecule has 2 heterocycles. The van der Waals surface area contributed by atoms with Gasteiger partial charge in [-0.25, -0.2) is 8.42 Å². The molecule has 18 heavy (non-hydrogen) atoms. The maximum absolute atomic E-state index is 11.7. The van der Waals surface area contributed by atoms with Gasteiger partial charge in [0.05, 0.1) is 11.5 Å². The topological polar surface area (TPSA) is 49.4 Å². The van der Waals surface area contributed by atoms with Crippen molar-refractivity contribution in [3.8, 4) is 0 Å². The molecule has 2 aliphatic heterocycles. The van der Waals surface area contributed by atoms with Crippen molar-refractivity contribution in [2.45, 2.75) is 18.6 Å². The number of sulfone groups is 1. The fraction of sp³-hybridized carbons (Fsp3) is 0.538. The lowest BCUT2D eigenvalue weighted by atomic mass is 10.1. The maximum atomic E-state index is 11.7. The Bertz CT molecular complexity index is 515. The summed E-state index contributed by atoms with van der Waals surface area (Å²) in [6, 6.07) is 10.5. The number of nitrogens with one attached hydrogen (secondary N) is 1. The predicted octanol–water partition coefficient (Wildman–Crippen LogP) is 0.257. The van der Waals surface area contributed by atoms with Crippen LogP contribution in [0.4, 0.5) is 0 Å². The largest absolute Gasteiger partial charge is 0.310 e. The van der Waals surface area contributed by atoms with Crippen molar-refractivity contribution < 1.29 is 8.42 Å². The molecule has 2 aliphatic rings. The summed E-state index contributed by atoms with van der Waals surface area (Å²) < 4.78 is 23.5. The van der Waals surface area contributed by atoms with Gasteiger partial charge in [0.15, 0.2) is 9.84 Å². The van der Waals surface area contributed by atoms with E-state index in [1.54, 1.807) is 0 Å². The van der Waals surface area contributed by atoms with Crippen molar-refractivity contribution >= 4 is 9.84 Å². The number of hydrogen-bond acceptors (Lipinski definition) is 4. The minimum Gasteiger partial charge on any atom is -0.310 e. The summed E-state index contributed by atoms with van der Waals surface area (Å²) in [5.74, 6) is 0.598. The molecule has 1 aromatic rings. The highest BCUT2D eigenvalue weighted by molar-refractivity contribution is 7.91. The van der Waals surface area contributed by atoms with E-state index >= 15 is 0 Å². The maximum Gasteiger partial charge on any atom is 0.153 e. The van der Waals surface area contributed by atoms with E-state index in [2.05, 4.69) is 22.3 Å². The van der Waals surface area contributed by atoms with Crippen molar-refractivity contribution in [1.29, 1.82) is 0 Å². The molecule has 0 unspecified atom stereocenters. The Morgan fingerprint density at radius 1 is 1.22 bits per heavy atom. The van der Waals surface area contributed by atoms with Crippen LogP contribution in [0.3, 0.4) is 0 Å². The van der Waals surface area contributed by atoms with E-state index in [1.165, 1.54) is 5.56 Å². The second-order valence-corrected chi connectivity index (χ2v) is 7.31. The molecule has 1 N–H and O–H groups in total. The highest BCUT2D eigenvalue weighted by atomic mass is 32.2. The van der Waals surface area contributed by atoms with Crippen LogP contribution in [0.1, 0.15) is 5.56 Å². The number of nitrogens with zero attached hydrogens (tertiary/aromatic N) is 1. The Morgan fingerprint density at radius 2 is 2.00 bits per heavy atom. The summed E-state index contributed by atoms with van der Waals surface area (Å²) in [5.41, 5.74) is 1.25. The molecule has 0 radical (unpaired) electrons. The first-order chi connectivity index (χ1) is 8.64. The highest BCUT2D eigenvalue weighted by Crippen LogP contribution is 2.22. The summed E-state index contributed by atoms with van der Waals surface area (Å²) >= 11 is 0. The number of fused-ring (bicyclic) bond motifs is 1. The van der Waals surface area contributed by atoms with Crippen molar-refractivity contribution in [3.05, 3.63) is 35.9 Å². The summed E-state index contributed by atoms with van der Waals surface area (Å²) in [6.45, 7) is 2.65. The van der Waals surface area contributed by atoms with Crippen LogP contribution in [-0.2, 0) is 16.4 Å². The van der Waals surface area contributed by atoms with E-state index in [9.17, 15) is 8.42 Å². The average Bonchev–Trinajstić information content (AvgIpc) is 2.66. The molecule has 0 saturated carbocycles. The van der Waals surface area contributed by atoms with E-state index in [4.69, 9.17) is 0 Å². The molecular formula is C13H18N2O2S. The second kappa shape index (κ2) is 4.64. The van der Waals surface area contributed by atoms with Crippen LogP contribution in [0.5, 0.6) is 0 Å². The molecule has 0 aromatic heterocycles. The molecule has 2 saturated heterocycles. The van der Waals surface area contributed by atoms with E-state index in [-0.39, 0.29) is 12.1 Å². The molecule has 98 valence electrons. The SMILES string of the molecule is O=S1(=O)C[C@@H]2NCCN(Cc3ccccc3)[C@H]2C1. The first kappa shape index (κ1) is 12.1. The lowest BCUT2D eigenvalue weighted by Crippen LogP contribution is -2.56. The van der Waals surface area contributed by atoms with Crippen molar-refractivity contribution in [3.63, 3.8) is 0 Å². The van der Waals surface area contributed by atoms with Gasteiger partial charge in [-0.3, -0.25) is 4.90 Å². The Morgan fingerprint density at radius 3 is 2.78 bits per heavy atom. The molecule has 4 nitrogen and oxygen atoms in total. The van der Waals surface area contributed by atoms with Gasteiger partial charge in [0.2, 0.25) is 0 Å². The van der Waals surface area contributed by atoms with Gasteiger partial charge < -0.3 is 5.32 Å². The molecule has 0 bridgehead atoms. The molecule has 0 aliphatic carbocycles. The third-order valence-corrected chi connectivity index (χ3v) is 5.54. The zero-order valence-corrected chi connectivity index (χ0v) is 11.1. The van der Waals surface area contributed by atoms with Gasteiger partial charge in [0, 0.05) is 31.7 Å². The lowest BCUT2D eigenvalue weighted by Gasteiger charge is -2.37. The normalized spacial score (nSPS) is 31.1. The van der Waals surface area contributed by atoms with Crippen LogP contribution in [0, 0.1) is 0 Å². The predicted molar refractivity (Wildman–Crippen MR) is 71.1 cm³/mol. The van der Waals surface area contributed by atoms with Gasteiger partial charge >= 0.3 is 0 Å². The zero-order chi connectivity index (χ0) is 12.6. The Hall–Kier alpha value is -0.910. The molecule has 5 heteroatoms. The number of piperazine rings is 1. The average molecular weight is 266 g/mol. The fourth-order valence-corrected chi connectivity index (χ4v) is 4.94. The van der Waals surface area contributed by atoms with E-state index < -0.39 is 9.84 Å². The van der Waals surface area contributed by atoms with Gasteiger partial charge in [0.1, 0.15) is 0 Å². The van der Waals surface area contributed by atoms with Crippen LogP contribution in [0.15, 0.2) is 30.3 Å². The molecule has 2 atom stereocenters.